The van der Waals surface area contributed by atoms with Crippen LogP contribution in [0.15, 0.2) is 18.2 Å². The predicted molar refractivity (Wildman–Crippen MR) is 86.0 cm³/mol. The molecule has 1 saturated carbocycles. The number of amides is 2. The van der Waals surface area contributed by atoms with E-state index in [0.717, 1.165) is 18.9 Å². The van der Waals surface area contributed by atoms with Gasteiger partial charge in [0.2, 0.25) is 5.91 Å². The number of esters is 1. The van der Waals surface area contributed by atoms with Gasteiger partial charge in [-0.05, 0) is 38.0 Å². The van der Waals surface area contributed by atoms with E-state index in [2.05, 4.69) is 5.32 Å². The van der Waals surface area contributed by atoms with Crippen LogP contribution < -0.4 is 5.32 Å². The minimum Gasteiger partial charge on any atom is -0.466 e. The second-order valence-electron chi connectivity index (χ2n) is 5.66. The summed E-state index contributed by atoms with van der Waals surface area (Å²) in [5, 5.41) is 2.36. The average Bonchev–Trinajstić information content (AvgIpc) is 3.34. The largest absolute Gasteiger partial charge is 0.466 e. The Kier molecular flexibility index (Phi) is 5.89. The molecule has 2 rings (SSSR count). The molecule has 1 N–H and O–H groups in total. The van der Waals surface area contributed by atoms with Crippen molar-refractivity contribution in [3.63, 3.8) is 0 Å². The molecular formula is C17H21FN2O4. The van der Waals surface area contributed by atoms with E-state index in [1.54, 1.807) is 11.8 Å². The van der Waals surface area contributed by atoms with Crippen LogP contribution in [-0.4, -0.2) is 41.9 Å². The molecule has 0 bridgehead atoms. The molecule has 0 spiro atoms. The lowest BCUT2D eigenvalue weighted by molar-refractivity contribution is -0.143. The van der Waals surface area contributed by atoms with Crippen molar-refractivity contribution >= 4 is 23.5 Å². The maximum absolute atomic E-state index is 13.7. The lowest BCUT2D eigenvalue weighted by Crippen LogP contribution is -2.35. The standard InChI is InChI=1S/C17H21FN2O4/c1-3-24-16(22)8-9-20(13-5-6-13)17(23)12-4-7-14(18)15(10-12)19-11(2)21/h4,7,10,13H,3,5-6,8-9H2,1-2H3,(H,19,21). The number of ether oxygens (including phenoxy) is 1. The number of nitrogens with one attached hydrogen (secondary N) is 1. The van der Waals surface area contributed by atoms with Gasteiger partial charge in [0, 0.05) is 25.1 Å². The van der Waals surface area contributed by atoms with E-state index in [9.17, 15) is 18.8 Å². The van der Waals surface area contributed by atoms with Crippen LogP contribution in [0.4, 0.5) is 10.1 Å². The van der Waals surface area contributed by atoms with Crippen molar-refractivity contribution in [3.8, 4) is 0 Å². The fourth-order valence-electron chi connectivity index (χ4n) is 2.39. The summed E-state index contributed by atoms with van der Waals surface area (Å²) < 4.78 is 18.6. The van der Waals surface area contributed by atoms with Gasteiger partial charge in [0.05, 0.1) is 18.7 Å². The Hall–Kier alpha value is -2.44. The van der Waals surface area contributed by atoms with Crippen LogP contribution in [0, 0.1) is 5.82 Å². The number of benzene rings is 1. The van der Waals surface area contributed by atoms with Crippen molar-refractivity contribution < 1.29 is 23.5 Å². The van der Waals surface area contributed by atoms with Gasteiger partial charge in [-0.3, -0.25) is 14.4 Å². The lowest BCUT2D eigenvalue weighted by Gasteiger charge is -2.22. The fourth-order valence-corrected chi connectivity index (χ4v) is 2.39. The van der Waals surface area contributed by atoms with Crippen LogP contribution in [0.5, 0.6) is 0 Å². The van der Waals surface area contributed by atoms with Gasteiger partial charge in [-0.1, -0.05) is 0 Å². The molecule has 7 heteroatoms. The summed E-state index contributed by atoms with van der Waals surface area (Å²) in [4.78, 5) is 36.9. The van der Waals surface area contributed by atoms with Crippen LogP contribution in [-0.2, 0) is 14.3 Å². The van der Waals surface area contributed by atoms with Crippen LogP contribution in [0.1, 0.15) is 43.5 Å². The van der Waals surface area contributed by atoms with Crippen LogP contribution >= 0.6 is 0 Å². The molecule has 1 fully saturated rings. The molecule has 0 aliphatic heterocycles. The highest BCUT2D eigenvalue weighted by molar-refractivity contribution is 5.97. The summed E-state index contributed by atoms with van der Waals surface area (Å²) in [6, 6.07) is 3.94. The summed E-state index contributed by atoms with van der Waals surface area (Å²) in [5.41, 5.74) is 0.241. The molecule has 1 aliphatic carbocycles. The summed E-state index contributed by atoms with van der Waals surface area (Å²) >= 11 is 0. The minimum absolute atomic E-state index is 0.0329. The monoisotopic (exact) mass is 336 g/mol. The third-order valence-electron chi connectivity index (χ3n) is 3.63. The molecule has 0 saturated heterocycles. The number of halogens is 1. The van der Waals surface area contributed by atoms with Crippen molar-refractivity contribution in [2.45, 2.75) is 39.2 Å². The Morgan fingerprint density at radius 3 is 2.62 bits per heavy atom. The smallest absolute Gasteiger partial charge is 0.307 e. The molecule has 6 nitrogen and oxygen atoms in total. The van der Waals surface area contributed by atoms with Gasteiger partial charge in [0.1, 0.15) is 5.82 Å². The summed E-state index contributed by atoms with van der Waals surface area (Å²) in [6.07, 6.45) is 1.89. The molecule has 0 radical (unpaired) electrons. The minimum atomic E-state index is -0.605. The van der Waals surface area contributed by atoms with Crippen molar-refractivity contribution in [1.29, 1.82) is 0 Å². The van der Waals surface area contributed by atoms with Crippen LogP contribution in [0.25, 0.3) is 0 Å². The fraction of sp³-hybridized carbons (Fsp3) is 0.471. The second kappa shape index (κ2) is 7.90. The number of carbonyl (C=O) groups excluding carboxylic acids is 3. The Labute approximate surface area is 140 Å². The van der Waals surface area contributed by atoms with Gasteiger partial charge in [-0.25, -0.2) is 4.39 Å². The van der Waals surface area contributed by atoms with Crippen molar-refractivity contribution in [3.05, 3.63) is 29.6 Å². The SMILES string of the molecule is CCOC(=O)CCN(C(=O)c1ccc(F)c(NC(C)=O)c1)C1CC1. The normalized spacial score (nSPS) is 13.3. The van der Waals surface area contributed by atoms with E-state index in [-0.39, 0.29) is 42.1 Å². The Balaban J connectivity index is 2.12. The molecule has 2 amide bonds. The summed E-state index contributed by atoms with van der Waals surface area (Å²) in [5.74, 6) is -1.66. The predicted octanol–water partition coefficient (Wildman–Crippen LogP) is 2.34. The van der Waals surface area contributed by atoms with Gasteiger partial charge in [0.15, 0.2) is 0 Å². The molecular weight excluding hydrogens is 315 g/mol. The zero-order chi connectivity index (χ0) is 17.7. The Bertz CT molecular complexity index is 643. The molecule has 1 aliphatic rings. The van der Waals surface area contributed by atoms with E-state index < -0.39 is 11.7 Å². The number of anilines is 1. The quantitative estimate of drug-likeness (QED) is 0.776. The van der Waals surface area contributed by atoms with Crippen LogP contribution in [0.3, 0.4) is 0 Å². The molecule has 0 heterocycles. The van der Waals surface area contributed by atoms with Crippen molar-refractivity contribution in [1.82, 2.24) is 4.90 Å². The molecule has 130 valence electrons. The number of nitrogens with zero attached hydrogens (tertiary/aromatic N) is 1. The molecule has 1 aromatic carbocycles. The zero-order valence-corrected chi connectivity index (χ0v) is 13.8. The number of carbonyl (C=O) groups is 3. The number of hydrogen-bond acceptors (Lipinski definition) is 4. The van der Waals surface area contributed by atoms with E-state index in [1.807, 2.05) is 0 Å². The topological polar surface area (TPSA) is 75.7 Å². The Morgan fingerprint density at radius 2 is 2.04 bits per heavy atom. The number of hydrogen-bond donors (Lipinski definition) is 1. The van der Waals surface area contributed by atoms with Gasteiger partial charge < -0.3 is 15.0 Å². The lowest BCUT2D eigenvalue weighted by atomic mass is 10.1. The number of rotatable bonds is 7. The van der Waals surface area contributed by atoms with Gasteiger partial charge in [-0.15, -0.1) is 0 Å². The third kappa shape index (κ3) is 4.78. The van der Waals surface area contributed by atoms with E-state index in [4.69, 9.17) is 4.74 Å². The summed E-state index contributed by atoms with van der Waals surface area (Å²) in [7, 11) is 0. The first-order chi connectivity index (χ1) is 11.4. The van der Waals surface area contributed by atoms with E-state index in [0.29, 0.717) is 6.61 Å². The van der Waals surface area contributed by atoms with Gasteiger partial charge >= 0.3 is 5.97 Å². The maximum Gasteiger partial charge on any atom is 0.307 e. The van der Waals surface area contributed by atoms with Crippen molar-refractivity contribution in [2.75, 3.05) is 18.5 Å². The first-order valence-electron chi connectivity index (χ1n) is 7.96. The van der Waals surface area contributed by atoms with Crippen molar-refractivity contribution in [2.24, 2.45) is 0 Å². The highest BCUT2D eigenvalue weighted by atomic mass is 19.1. The van der Waals surface area contributed by atoms with E-state index >= 15 is 0 Å². The first-order valence-corrected chi connectivity index (χ1v) is 7.96. The zero-order valence-electron chi connectivity index (χ0n) is 13.8. The van der Waals surface area contributed by atoms with Gasteiger partial charge in [-0.2, -0.15) is 0 Å². The molecule has 1 aromatic rings. The molecule has 0 atom stereocenters. The average molecular weight is 336 g/mol. The maximum atomic E-state index is 13.7. The Morgan fingerprint density at radius 1 is 1.33 bits per heavy atom. The highest BCUT2D eigenvalue weighted by Gasteiger charge is 2.33. The van der Waals surface area contributed by atoms with Gasteiger partial charge in [0.25, 0.3) is 5.91 Å². The third-order valence-corrected chi connectivity index (χ3v) is 3.63. The van der Waals surface area contributed by atoms with E-state index in [1.165, 1.54) is 19.1 Å². The van der Waals surface area contributed by atoms with Crippen LogP contribution in [0.2, 0.25) is 0 Å². The molecule has 0 unspecified atom stereocenters. The first kappa shape index (κ1) is 17.9. The summed E-state index contributed by atoms with van der Waals surface area (Å²) in [6.45, 7) is 3.55. The second-order valence-corrected chi connectivity index (χ2v) is 5.66. The highest BCUT2D eigenvalue weighted by Crippen LogP contribution is 2.29. The molecule has 24 heavy (non-hydrogen) atoms. The molecule has 0 aromatic heterocycles.